The Balaban J connectivity index is 1.74. The third kappa shape index (κ3) is 5.36. The van der Waals surface area contributed by atoms with E-state index in [2.05, 4.69) is 14.9 Å². The Morgan fingerprint density at radius 3 is 2.57 bits per heavy atom. The van der Waals surface area contributed by atoms with Crippen molar-refractivity contribution in [3.05, 3.63) is 52.9 Å². The van der Waals surface area contributed by atoms with E-state index in [0.29, 0.717) is 32.6 Å². The van der Waals surface area contributed by atoms with Gasteiger partial charge in [0.15, 0.2) is 0 Å². The van der Waals surface area contributed by atoms with Crippen molar-refractivity contribution in [3.63, 3.8) is 0 Å². The van der Waals surface area contributed by atoms with Gasteiger partial charge in [-0.25, -0.2) is 14.2 Å². The predicted molar refractivity (Wildman–Crippen MR) is 110 cm³/mol. The molecule has 0 spiro atoms. The number of halogens is 1. The van der Waals surface area contributed by atoms with Gasteiger partial charge in [-0.2, -0.15) is 5.26 Å². The molecular weight excluding hydrogens is 385 g/mol. The number of nitrogens with one attached hydrogen (secondary N) is 1. The van der Waals surface area contributed by atoms with Crippen LogP contribution in [0.4, 0.5) is 9.18 Å². The van der Waals surface area contributed by atoms with Crippen molar-refractivity contribution >= 4 is 6.09 Å². The minimum atomic E-state index is -0.524. The first kappa shape index (κ1) is 21.8. The summed E-state index contributed by atoms with van der Waals surface area (Å²) in [7, 11) is 0. The Morgan fingerprint density at radius 1 is 1.33 bits per heavy atom. The molecular formula is C22H28FN5O2. The first-order valence-electron chi connectivity index (χ1n) is 10.1. The van der Waals surface area contributed by atoms with Gasteiger partial charge < -0.3 is 14.6 Å². The van der Waals surface area contributed by atoms with Crippen molar-refractivity contribution in [3.8, 4) is 6.07 Å². The smallest absolute Gasteiger partial charge is 0.410 e. The number of benzene rings is 1. The molecule has 2 aromatic rings. The Morgan fingerprint density at radius 2 is 2.03 bits per heavy atom. The zero-order valence-corrected chi connectivity index (χ0v) is 17.9. The molecule has 7 nitrogen and oxygen atoms in total. The molecule has 1 aliphatic rings. The summed E-state index contributed by atoms with van der Waals surface area (Å²) in [6.07, 6.45) is 2.07. The highest BCUT2D eigenvalue weighted by atomic mass is 19.1. The number of carbonyl (C=O) groups excluding carboxylic acids is 1. The van der Waals surface area contributed by atoms with Crippen LogP contribution < -0.4 is 0 Å². The second kappa shape index (κ2) is 8.84. The lowest BCUT2D eigenvalue weighted by atomic mass is 10.00. The largest absolute Gasteiger partial charge is 0.444 e. The van der Waals surface area contributed by atoms with Crippen molar-refractivity contribution in [2.75, 3.05) is 26.2 Å². The average Bonchev–Trinajstić information content (AvgIpc) is 3.11. The fourth-order valence-corrected chi connectivity index (χ4v) is 3.59. The van der Waals surface area contributed by atoms with E-state index in [1.54, 1.807) is 17.2 Å². The molecule has 1 N–H and O–H groups in total. The van der Waals surface area contributed by atoms with Gasteiger partial charge in [-0.1, -0.05) is 6.07 Å². The van der Waals surface area contributed by atoms with Crippen LogP contribution in [0.5, 0.6) is 0 Å². The van der Waals surface area contributed by atoms with Crippen LogP contribution in [0, 0.1) is 24.1 Å². The molecule has 160 valence electrons. The summed E-state index contributed by atoms with van der Waals surface area (Å²) in [4.78, 5) is 24.0. The number of rotatable bonds is 4. The Kier molecular flexibility index (Phi) is 6.42. The monoisotopic (exact) mass is 413 g/mol. The van der Waals surface area contributed by atoms with Crippen LogP contribution in [-0.2, 0) is 11.2 Å². The number of nitriles is 1. The molecule has 0 bridgehead atoms. The second-order valence-corrected chi connectivity index (χ2v) is 8.57. The SMILES string of the molecule is Cc1ncc(C(Cc2ccc(C#N)c(F)c2)N2CCN(C(=O)OC(C)(C)C)CC2)[nH]1. The number of piperazine rings is 1. The van der Waals surface area contributed by atoms with Gasteiger partial charge in [-0.05, 0) is 51.8 Å². The Bertz CT molecular complexity index is 936. The number of carbonyl (C=O) groups is 1. The summed E-state index contributed by atoms with van der Waals surface area (Å²) >= 11 is 0. The van der Waals surface area contributed by atoms with E-state index in [4.69, 9.17) is 10.00 Å². The highest BCUT2D eigenvalue weighted by molar-refractivity contribution is 5.68. The number of hydrogen-bond acceptors (Lipinski definition) is 5. The fraction of sp³-hybridized carbons (Fsp3) is 0.500. The van der Waals surface area contributed by atoms with E-state index in [1.165, 1.54) is 12.1 Å². The van der Waals surface area contributed by atoms with Crippen LogP contribution in [0.2, 0.25) is 0 Å². The summed E-state index contributed by atoms with van der Waals surface area (Å²) in [6.45, 7) is 9.90. The van der Waals surface area contributed by atoms with Crippen LogP contribution in [0.25, 0.3) is 0 Å². The van der Waals surface area contributed by atoms with Gasteiger partial charge in [0.2, 0.25) is 0 Å². The van der Waals surface area contributed by atoms with Crippen molar-refractivity contribution in [2.45, 2.75) is 45.8 Å². The van der Waals surface area contributed by atoms with Gasteiger partial charge in [0, 0.05) is 32.4 Å². The first-order valence-corrected chi connectivity index (χ1v) is 10.1. The normalized spacial score (nSPS) is 16.2. The molecule has 1 aromatic heterocycles. The number of H-pyrrole nitrogens is 1. The van der Waals surface area contributed by atoms with Gasteiger partial charge in [-0.15, -0.1) is 0 Å². The zero-order chi connectivity index (χ0) is 21.9. The molecule has 0 radical (unpaired) electrons. The minimum Gasteiger partial charge on any atom is -0.444 e. The Labute approximate surface area is 176 Å². The van der Waals surface area contributed by atoms with E-state index in [9.17, 15) is 9.18 Å². The van der Waals surface area contributed by atoms with Crippen molar-refractivity contribution in [2.24, 2.45) is 0 Å². The summed E-state index contributed by atoms with van der Waals surface area (Å²) in [5.74, 6) is 0.303. The highest BCUT2D eigenvalue weighted by Gasteiger charge is 2.30. The zero-order valence-electron chi connectivity index (χ0n) is 17.9. The molecule has 30 heavy (non-hydrogen) atoms. The predicted octanol–water partition coefficient (Wildman–Crippen LogP) is 3.57. The van der Waals surface area contributed by atoms with E-state index >= 15 is 0 Å². The van der Waals surface area contributed by atoms with Crippen molar-refractivity contribution in [1.82, 2.24) is 19.8 Å². The van der Waals surface area contributed by atoms with Crippen LogP contribution in [0.3, 0.4) is 0 Å². The van der Waals surface area contributed by atoms with Gasteiger partial charge >= 0.3 is 6.09 Å². The fourth-order valence-electron chi connectivity index (χ4n) is 3.59. The lowest BCUT2D eigenvalue weighted by molar-refractivity contribution is 0.00997. The summed E-state index contributed by atoms with van der Waals surface area (Å²) in [5.41, 5.74) is 1.27. The van der Waals surface area contributed by atoms with Gasteiger partial charge in [0.25, 0.3) is 0 Å². The number of aryl methyl sites for hydroxylation is 1. The van der Waals surface area contributed by atoms with E-state index < -0.39 is 11.4 Å². The molecule has 1 amide bonds. The first-order chi connectivity index (χ1) is 14.2. The summed E-state index contributed by atoms with van der Waals surface area (Å²) in [5, 5.41) is 8.96. The third-order valence-electron chi connectivity index (χ3n) is 5.07. The number of aromatic amines is 1. The van der Waals surface area contributed by atoms with Crippen LogP contribution in [0.1, 0.15) is 49.5 Å². The molecule has 1 fully saturated rings. The van der Waals surface area contributed by atoms with Crippen LogP contribution in [0.15, 0.2) is 24.4 Å². The number of nitrogens with zero attached hydrogens (tertiary/aromatic N) is 4. The highest BCUT2D eigenvalue weighted by Crippen LogP contribution is 2.26. The van der Waals surface area contributed by atoms with Gasteiger partial charge in [-0.3, -0.25) is 4.90 Å². The lowest BCUT2D eigenvalue weighted by Gasteiger charge is -2.39. The minimum absolute atomic E-state index is 0.0404. The van der Waals surface area contributed by atoms with Crippen LogP contribution >= 0.6 is 0 Å². The van der Waals surface area contributed by atoms with Crippen molar-refractivity contribution < 1.29 is 13.9 Å². The van der Waals surface area contributed by atoms with E-state index in [-0.39, 0.29) is 17.7 Å². The molecule has 1 unspecified atom stereocenters. The quantitative estimate of drug-likeness (QED) is 0.828. The molecule has 0 aliphatic carbocycles. The standard InChI is InChI=1S/C22H28FN5O2/c1-15-25-14-19(26-15)20(12-16-5-6-17(13-24)18(23)11-16)27-7-9-28(10-8-27)21(29)30-22(2,3)4/h5-6,11,14,20H,7-10,12H2,1-4H3,(H,25,26). The van der Waals surface area contributed by atoms with E-state index in [0.717, 1.165) is 17.1 Å². The van der Waals surface area contributed by atoms with E-state index in [1.807, 2.05) is 33.8 Å². The third-order valence-corrected chi connectivity index (χ3v) is 5.07. The molecule has 1 aromatic carbocycles. The van der Waals surface area contributed by atoms with Crippen molar-refractivity contribution in [1.29, 1.82) is 5.26 Å². The number of hydrogen-bond donors (Lipinski definition) is 1. The number of imidazole rings is 1. The molecule has 1 saturated heterocycles. The molecule has 2 heterocycles. The molecule has 1 atom stereocenters. The Hall–Kier alpha value is -2.92. The van der Waals surface area contributed by atoms with Gasteiger partial charge in [0.1, 0.15) is 23.3 Å². The van der Waals surface area contributed by atoms with Gasteiger partial charge in [0.05, 0.1) is 17.3 Å². The number of amides is 1. The molecule has 8 heteroatoms. The average molecular weight is 413 g/mol. The maximum absolute atomic E-state index is 14.1. The number of aromatic nitrogens is 2. The summed E-state index contributed by atoms with van der Waals surface area (Å²) in [6, 6.07) is 6.54. The van der Waals surface area contributed by atoms with Crippen LogP contribution in [-0.4, -0.2) is 57.6 Å². The maximum Gasteiger partial charge on any atom is 0.410 e. The maximum atomic E-state index is 14.1. The molecule has 1 aliphatic heterocycles. The number of ether oxygens (including phenoxy) is 1. The second-order valence-electron chi connectivity index (χ2n) is 8.57. The summed E-state index contributed by atoms with van der Waals surface area (Å²) < 4.78 is 19.6. The topological polar surface area (TPSA) is 85.2 Å². The molecule has 3 rings (SSSR count). The molecule has 0 saturated carbocycles. The lowest BCUT2D eigenvalue weighted by Crippen LogP contribution is -2.51.